The molecule has 0 bridgehead atoms. The van der Waals surface area contributed by atoms with Crippen molar-refractivity contribution in [3.05, 3.63) is 53.1 Å². The molecule has 2 heterocycles. The van der Waals surface area contributed by atoms with Crippen molar-refractivity contribution in [3.63, 3.8) is 0 Å². The molecule has 0 spiro atoms. The summed E-state index contributed by atoms with van der Waals surface area (Å²) in [6, 6.07) is 11.7. The normalized spacial score (nSPS) is 23.6. The lowest BCUT2D eigenvalue weighted by Gasteiger charge is -2.28. The number of aliphatic hydroxyl groups excluding tert-OH is 1. The summed E-state index contributed by atoms with van der Waals surface area (Å²) in [5, 5.41) is 23.4. The number of hydrogen-bond donors (Lipinski definition) is 3. The van der Waals surface area contributed by atoms with E-state index >= 15 is 0 Å². The van der Waals surface area contributed by atoms with Gasteiger partial charge >= 0.3 is 5.97 Å². The molecule has 1 fully saturated rings. The van der Waals surface area contributed by atoms with Crippen molar-refractivity contribution in [2.45, 2.75) is 57.0 Å². The lowest BCUT2D eigenvalue weighted by Crippen LogP contribution is -2.46. The van der Waals surface area contributed by atoms with Crippen molar-refractivity contribution in [1.82, 2.24) is 5.32 Å². The SMILES string of the molecule is C[C@@H](OCC(O)CNC(C)(C)Cc1ccc2c(c1)OCO2)c1cccc2c1[C@@H]1[C@H](O2)[C@H]1C(=O)O. The second-order valence-electron chi connectivity index (χ2n) is 9.99. The fourth-order valence-corrected chi connectivity index (χ4v) is 5.01. The van der Waals surface area contributed by atoms with E-state index in [4.69, 9.17) is 18.9 Å². The van der Waals surface area contributed by atoms with E-state index < -0.39 is 18.0 Å². The lowest BCUT2D eigenvalue weighted by molar-refractivity contribution is -0.139. The zero-order valence-corrected chi connectivity index (χ0v) is 19.6. The number of carbonyl (C=O) groups is 1. The molecule has 5 rings (SSSR count). The van der Waals surface area contributed by atoms with Crippen LogP contribution < -0.4 is 19.5 Å². The maximum Gasteiger partial charge on any atom is 0.311 e. The first kappa shape index (κ1) is 23.0. The molecular weight excluding hydrogens is 438 g/mol. The van der Waals surface area contributed by atoms with Crippen LogP contribution in [0.25, 0.3) is 0 Å². The highest BCUT2D eigenvalue weighted by Crippen LogP contribution is 2.60. The molecule has 2 aromatic carbocycles. The van der Waals surface area contributed by atoms with Crippen LogP contribution in [0.15, 0.2) is 36.4 Å². The molecule has 2 aromatic rings. The zero-order valence-electron chi connectivity index (χ0n) is 19.6. The van der Waals surface area contributed by atoms with Gasteiger partial charge in [-0.1, -0.05) is 18.2 Å². The summed E-state index contributed by atoms with van der Waals surface area (Å²) >= 11 is 0. The van der Waals surface area contributed by atoms with Gasteiger partial charge in [-0.2, -0.15) is 0 Å². The third-order valence-electron chi connectivity index (χ3n) is 6.81. The first-order chi connectivity index (χ1) is 16.2. The van der Waals surface area contributed by atoms with Crippen LogP contribution in [0.5, 0.6) is 17.2 Å². The van der Waals surface area contributed by atoms with Gasteiger partial charge in [-0.05, 0) is 56.5 Å². The van der Waals surface area contributed by atoms with Gasteiger partial charge in [0.2, 0.25) is 6.79 Å². The summed E-state index contributed by atoms with van der Waals surface area (Å²) in [5.41, 5.74) is 2.74. The average Bonchev–Trinajstić information content (AvgIpc) is 3.12. The number of ether oxygens (including phenoxy) is 4. The van der Waals surface area contributed by atoms with E-state index in [9.17, 15) is 15.0 Å². The Morgan fingerprint density at radius 2 is 2.00 bits per heavy atom. The molecule has 3 N–H and O–H groups in total. The van der Waals surface area contributed by atoms with E-state index in [1.807, 2.05) is 43.3 Å². The van der Waals surface area contributed by atoms with E-state index in [1.165, 1.54) is 0 Å². The number of hydrogen-bond acceptors (Lipinski definition) is 7. The summed E-state index contributed by atoms with van der Waals surface area (Å²) in [6.07, 6.45) is -0.491. The molecule has 1 unspecified atom stereocenters. The van der Waals surface area contributed by atoms with Crippen LogP contribution in [0.2, 0.25) is 0 Å². The molecule has 2 aliphatic heterocycles. The molecule has 1 aliphatic carbocycles. The molecule has 3 aliphatic rings. The highest BCUT2D eigenvalue weighted by Gasteiger charge is 2.63. The molecule has 8 heteroatoms. The van der Waals surface area contributed by atoms with Crippen molar-refractivity contribution in [2.75, 3.05) is 19.9 Å². The number of aliphatic hydroxyl groups is 1. The number of carboxylic acids is 1. The topological polar surface area (TPSA) is 106 Å². The number of aliphatic carboxylic acids is 1. The van der Waals surface area contributed by atoms with Gasteiger partial charge in [0, 0.05) is 23.6 Å². The summed E-state index contributed by atoms with van der Waals surface area (Å²) in [5.74, 6) is 0.853. The quantitative estimate of drug-likeness (QED) is 0.488. The van der Waals surface area contributed by atoms with Crippen LogP contribution in [0, 0.1) is 5.92 Å². The van der Waals surface area contributed by atoms with Crippen molar-refractivity contribution < 1.29 is 34.0 Å². The van der Waals surface area contributed by atoms with Crippen molar-refractivity contribution in [1.29, 1.82) is 0 Å². The van der Waals surface area contributed by atoms with Crippen LogP contribution in [0.3, 0.4) is 0 Å². The molecule has 0 amide bonds. The number of benzene rings is 2. The largest absolute Gasteiger partial charge is 0.489 e. The van der Waals surface area contributed by atoms with Crippen molar-refractivity contribution >= 4 is 5.97 Å². The number of carboxylic acid groups (broad SMARTS) is 1. The maximum atomic E-state index is 11.4. The van der Waals surface area contributed by atoms with Gasteiger partial charge in [0.15, 0.2) is 11.5 Å². The molecule has 0 aromatic heterocycles. The third kappa shape index (κ3) is 4.45. The molecule has 5 atom stereocenters. The highest BCUT2D eigenvalue weighted by molar-refractivity contribution is 5.79. The first-order valence-electron chi connectivity index (χ1n) is 11.7. The van der Waals surface area contributed by atoms with Crippen LogP contribution >= 0.6 is 0 Å². The Morgan fingerprint density at radius 3 is 2.79 bits per heavy atom. The summed E-state index contributed by atoms with van der Waals surface area (Å²) in [4.78, 5) is 11.4. The smallest absolute Gasteiger partial charge is 0.311 e. The molecule has 0 saturated heterocycles. The highest BCUT2D eigenvalue weighted by atomic mass is 16.7. The summed E-state index contributed by atoms with van der Waals surface area (Å²) < 4.78 is 22.6. The van der Waals surface area contributed by atoms with E-state index in [0.717, 1.165) is 40.4 Å². The minimum Gasteiger partial charge on any atom is -0.489 e. The fourth-order valence-electron chi connectivity index (χ4n) is 5.01. The molecule has 1 saturated carbocycles. The first-order valence-corrected chi connectivity index (χ1v) is 11.7. The number of rotatable bonds is 10. The van der Waals surface area contributed by atoms with Crippen molar-refractivity contribution in [2.24, 2.45) is 5.92 Å². The van der Waals surface area contributed by atoms with Crippen LogP contribution in [0.1, 0.15) is 49.5 Å². The minimum atomic E-state index is -0.825. The minimum absolute atomic E-state index is 0.113. The van der Waals surface area contributed by atoms with Gasteiger partial charge in [-0.15, -0.1) is 0 Å². The number of fused-ring (bicyclic) bond motifs is 4. The maximum absolute atomic E-state index is 11.4. The molecule has 182 valence electrons. The van der Waals surface area contributed by atoms with Crippen LogP contribution in [-0.4, -0.2) is 53.9 Å². The van der Waals surface area contributed by atoms with Gasteiger partial charge in [-0.3, -0.25) is 4.79 Å². The Kier molecular flexibility index (Phi) is 5.91. The zero-order chi connectivity index (χ0) is 24.0. The molecular formula is C26H31NO7. The van der Waals surface area contributed by atoms with Gasteiger partial charge in [0.1, 0.15) is 17.8 Å². The Balaban J connectivity index is 1.13. The molecule has 0 radical (unpaired) electrons. The van der Waals surface area contributed by atoms with E-state index in [-0.39, 0.29) is 37.1 Å². The predicted octanol–water partition coefficient (Wildman–Crippen LogP) is 3.02. The lowest BCUT2D eigenvalue weighted by atomic mass is 9.94. The third-order valence-corrected chi connectivity index (χ3v) is 6.81. The Labute approximate surface area is 198 Å². The second kappa shape index (κ2) is 8.76. The fraction of sp³-hybridized carbons (Fsp3) is 0.500. The monoisotopic (exact) mass is 469 g/mol. The Bertz CT molecular complexity index is 1080. The standard InChI is InChI=1S/C26H31NO7/c1-14(17-5-4-6-19-21(17)22-23(25(29)30)24(22)34-19)31-12-16(28)11-27-26(2,3)10-15-7-8-18-20(9-15)33-13-32-18/h4-9,14,16,22-24,27-28H,10-13H2,1-3H3,(H,29,30)/t14-,16?,22+,23+,24+/m1/s1. The summed E-state index contributed by atoms with van der Waals surface area (Å²) in [7, 11) is 0. The molecule has 8 nitrogen and oxygen atoms in total. The van der Waals surface area contributed by atoms with Gasteiger partial charge in [-0.25, -0.2) is 0 Å². The second-order valence-corrected chi connectivity index (χ2v) is 9.99. The van der Waals surface area contributed by atoms with E-state index in [1.54, 1.807) is 0 Å². The average molecular weight is 470 g/mol. The number of nitrogens with one attached hydrogen (secondary N) is 1. The predicted molar refractivity (Wildman–Crippen MR) is 123 cm³/mol. The van der Waals surface area contributed by atoms with E-state index in [0.29, 0.717) is 6.54 Å². The summed E-state index contributed by atoms with van der Waals surface area (Å²) in [6.45, 7) is 6.90. The van der Waals surface area contributed by atoms with Gasteiger partial charge in [0.25, 0.3) is 0 Å². The number of β-amino-alcohol motifs (C(OH)–C–C–N with tert-alkyl or cyclic N) is 1. The van der Waals surface area contributed by atoms with Crippen molar-refractivity contribution in [3.8, 4) is 17.2 Å². The van der Waals surface area contributed by atoms with Crippen LogP contribution in [0.4, 0.5) is 0 Å². The Hall–Kier alpha value is -2.81. The van der Waals surface area contributed by atoms with E-state index in [2.05, 4.69) is 19.2 Å². The Morgan fingerprint density at radius 1 is 1.21 bits per heavy atom. The van der Waals surface area contributed by atoms with Gasteiger partial charge < -0.3 is 34.5 Å². The van der Waals surface area contributed by atoms with Crippen LogP contribution in [-0.2, 0) is 16.0 Å². The molecule has 34 heavy (non-hydrogen) atoms. The van der Waals surface area contributed by atoms with Gasteiger partial charge in [0.05, 0.1) is 18.8 Å².